The zero-order valence-electron chi connectivity index (χ0n) is 7.26. The number of ketones is 1. The Morgan fingerprint density at radius 2 is 2.42 bits per heavy atom. The molecule has 2 nitrogen and oxygen atoms in total. The highest BCUT2D eigenvalue weighted by molar-refractivity contribution is 5.98. The smallest absolute Gasteiger partial charge is 0.182 e. The van der Waals surface area contributed by atoms with Crippen LogP contribution in [0, 0.1) is 0 Å². The van der Waals surface area contributed by atoms with Crippen molar-refractivity contribution in [1.29, 1.82) is 0 Å². The SMILES string of the molecule is CC1CCC2=C(N1)C(=O)CC=C2. The van der Waals surface area contributed by atoms with Gasteiger partial charge in [-0.1, -0.05) is 12.2 Å². The fourth-order valence-corrected chi connectivity index (χ4v) is 1.74. The van der Waals surface area contributed by atoms with Gasteiger partial charge in [0.05, 0.1) is 5.70 Å². The molecule has 0 aromatic heterocycles. The van der Waals surface area contributed by atoms with Crippen molar-refractivity contribution in [3.8, 4) is 0 Å². The summed E-state index contributed by atoms with van der Waals surface area (Å²) in [5.41, 5.74) is 2.07. The number of Topliss-reactive ketones (excluding diaryl/α,β-unsaturated/α-hetero) is 1. The van der Waals surface area contributed by atoms with E-state index in [1.165, 1.54) is 5.57 Å². The quantitative estimate of drug-likeness (QED) is 0.587. The van der Waals surface area contributed by atoms with Crippen molar-refractivity contribution in [3.63, 3.8) is 0 Å². The molecule has 1 aliphatic carbocycles. The maximum atomic E-state index is 11.4. The highest BCUT2D eigenvalue weighted by Gasteiger charge is 2.22. The van der Waals surface area contributed by atoms with Gasteiger partial charge in [0.1, 0.15) is 0 Å². The van der Waals surface area contributed by atoms with Crippen molar-refractivity contribution in [2.45, 2.75) is 32.2 Å². The van der Waals surface area contributed by atoms with Crippen molar-refractivity contribution in [3.05, 3.63) is 23.4 Å². The van der Waals surface area contributed by atoms with Gasteiger partial charge in [0, 0.05) is 12.5 Å². The molecule has 0 bridgehead atoms. The molecule has 0 aromatic carbocycles. The minimum Gasteiger partial charge on any atom is -0.379 e. The first kappa shape index (κ1) is 7.59. The van der Waals surface area contributed by atoms with Crippen molar-refractivity contribution in [1.82, 2.24) is 5.32 Å². The van der Waals surface area contributed by atoms with E-state index in [1.54, 1.807) is 0 Å². The van der Waals surface area contributed by atoms with Gasteiger partial charge in [-0.05, 0) is 25.3 Å². The Kier molecular flexibility index (Phi) is 1.75. The molecule has 0 saturated carbocycles. The van der Waals surface area contributed by atoms with Crippen LogP contribution in [0.3, 0.4) is 0 Å². The van der Waals surface area contributed by atoms with Crippen LogP contribution in [0.4, 0.5) is 0 Å². The van der Waals surface area contributed by atoms with Crippen LogP contribution in [-0.2, 0) is 4.79 Å². The molecule has 1 N–H and O–H groups in total. The minimum atomic E-state index is 0.249. The average Bonchev–Trinajstić information content (AvgIpc) is 2.07. The monoisotopic (exact) mass is 163 g/mol. The van der Waals surface area contributed by atoms with Crippen molar-refractivity contribution >= 4 is 5.78 Å². The van der Waals surface area contributed by atoms with Crippen molar-refractivity contribution in [2.24, 2.45) is 0 Å². The van der Waals surface area contributed by atoms with Gasteiger partial charge >= 0.3 is 0 Å². The van der Waals surface area contributed by atoms with Crippen LogP contribution in [0.2, 0.25) is 0 Å². The van der Waals surface area contributed by atoms with Gasteiger partial charge in [-0.3, -0.25) is 4.79 Å². The number of rotatable bonds is 0. The Bertz CT molecular complexity index is 276. The molecule has 0 spiro atoms. The van der Waals surface area contributed by atoms with Crippen LogP contribution in [0.1, 0.15) is 26.2 Å². The predicted molar refractivity (Wildman–Crippen MR) is 47.6 cm³/mol. The predicted octanol–water partition coefficient (Wildman–Crippen LogP) is 1.54. The lowest BCUT2D eigenvalue weighted by molar-refractivity contribution is -0.115. The summed E-state index contributed by atoms with van der Waals surface area (Å²) in [6.45, 7) is 2.12. The van der Waals surface area contributed by atoms with E-state index in [0.29, 0.717) is 12.5 Å². The summed E-state index contributed by atoms with van der Waals surface area (Å²) in [5.74, 6) is 0.249. The normalized spacial score (nSPS) is 28.4. The van der Waals surface area contributed by atoms with Crippen molar-refractivity contribution in [2.75, 3.05) is 0 Å². The Morgan fingerprint density at radius 3 is 3.25 bits per heavy atom. The highest BCUT2D eigenvalue weighted by atomic mass is 16.1. The van der Waals surface area contributed by atoms with E-state index in [1.807, 2.05) is 6.08 Å². The summed E-state index contributed by atoms with van der Waals surface area (Å²) < 4.78 is 0. The standard InChI is InChI=1S/C10H13NO/c1-7-5-6-8-3-2-4-9(12)10(8)11-7/h2-3,7,11H,4-6H2,1H3. The van der Waals surface area contributed by atoms with E-state index < -0.39 is 0 Å². The molecule has 2 rings (SSSR count). The number of carbonyl (C=O) groups excluding carboxylic acids is 1. The molecule has 1 aliphatic heterocycles. The van der Waals surface area contributed by atoms with Gasteiger partial charge in [0.25, 0.3) is 0 Å². The molecular formula is C10H13NO. The van der Waals surface area contributed by atoms with Crippen LogP contribution in [-0.4, -0.2) is 11.8 Å². The zero-order valence-corrected chi connectivity index (χ0v) is 7.26. The lowest BCUT2D eigenvalue weighted by Crippen LogP contribution is -2.34. The van der Waals surface area contributed by atoms with E-state index in [2.05, 4.69) is 18.3 Å². The van der Waals surface area contributed by atoms with E-state index in [9.17, 15) is 4.79 Å². The summed E-state index contributed by atoms with van der Waals surface area (Å²) >= 11 is 0. The Hall–Kier alpha value is -1.05. The zero-order chi connectivity index (χ0) is 8.55. The topological polar surface area (TPSA) is 29.1 Å². The minimum absolute atomic E-state index is 0.249. The average molecular weight is 163 g/mol. The third-order valence-corrected chi connectivity index (χ3v) is 2.46. The molecule has 64 valence electrons. The van der Waals surface area contributed by atoms with Crippen molar-refractivity contribution < 1.29 is 4.79 Å². The van der Waals surface area contributed by atoms with E-state index in [4.69, 9.17) is 0 Å². The molecule has 0 amide bonds. The van der Waals surface area contributed by atoms with E-state index in [0.717, 1.165) is 18.5 Å². The molecule has 2 heteroatoms. The first-order valence-electron chi connectivity index (χ1n) is 4.47. The van der Waals surface area contributed by atoms with Gasteiger partial charge in [-0.2, -0.15) is 0 Å². The summed E-state index contributed by atoms with van der Waals surface area (Å²) in [6.07, 6.45) is 6.79. The Labute approximate surface area is 72.3 Å². The Morgan fingerprint density at radius 1 is 1.58 bits per heavy atom. The highest BCUT2D eigenvalue weighted by Crippen LogP contribution is 2.23. The first-order valence-corrected chi connectivity index (χ1v) is 4.47. The lowest BCUT2D eigenvalue weighted by atomic mass is 9.92. The molecule has 0 fully saturated rings. The summed E-state index contributed by atoms with van der Waals surface area (Å²) in [6, 6.07) is 0.458. The molecule has 0 saturated heterocycles. The van der Waals surface area contributed by atoms with Gasteiger partial charge < -0.3 is 5.32 Å². The van der Waals surface area contributed by atoms with Crippen LogP contribution < -0.4 is 5.32 Å². The van der Waals surface area contributed by atoms with Gasteiger partial charge in [-0.25, -0.2) is 0 Å². The van der Waals surface area contributed by atoms with Gasteiger partial charge in [0.2, 0.25) is 0 Å². The summed E-state index contributed by atoms with van der Waals surface area (Å²) in [7, 11) is 0. The van der Waals surface area contributed by atoms with Crippen LogP contribution in [0.25, 0.3) is 0 Å². The van der Waals surface area contributed by atoms with E-state index >= 15 is 0 Å². The number of nitrogens with one attached hydrogen (secondary N) is 1. The number of hydrogen-bond acceptors (Lipinski definition) is 2. The maximum absolute atomic E-state index is 11.4. The van der Waals surface area contributed by atoms with Crippen LogP contribution >= 0.6 is 0 Å². The number of carbonyl (C=O) groups is 1. The molecule has 2 aliphatic rings. The van der Waals surface area contributed by atoms with Crippen LogP contribution in [0.5, 0.6) is 0 Å². The number of hydrogen-bond donors (Lipinski definition) is 1. The van der Waals surface area contributed by atoms with Gasteiger partial charge in [0.15, 0.2) is 5.78 Å². The fourth-order valence-electron chi connectivity index (χ4n) is 1.74. The first-order chi connectivity index (χ1) is 5.77. The summed E-state index contributed by atoms with van der Waals surface area (Å²) in [5, 5.41) is 3.25. The molecular weight excluding hydrogens is 150 g/mol. The molecule has 1 atom stereocenters. The molecule has 1 unspecified atom stereocenters. The second-order valence-corrected chi connectivity index (χ2v) is 3.51. The maximum Gasteiger partial charge on any atom is 0.182 e. The van der Waals surface area contributed by atoms with E-state index in [-0.39, 0.29) is 5.78 Å². The second kappa shape index (κ2) is 2.77. The lowest BCUT2D eigenvalue weighted by Gasteiger charge is -2.26. The molecule has 12 heavy (non-hydrogen) atoms. The third-order valence-electron chi connectivity index (χ3n) is 2.46. The summed E-state index contributed by atoms with van der Waals surface area (Å²) in [4.78, 5) is 11.4. The number of allylic oxidation sites excluding steroid dienone is 4. The molecule has 1 heterocycles. The molecule has 0 aromatic rings. The second-order valence-electron chi connectivity index (χ2n) is 3.51. The van der Waals surface area contributed by atoms with Gasteiger partial charge in [-0.15, -0.1) is 0 Å². The third kappa shape index (κ3) is 1.17. The Balaban J connectivity index is 2.31. The molecule has 0 radical (unpaired) electrons. The fraction of sp³-hybridized carbons (Fsp3) is 0.500. The largest absolute Gasteiger partial charge is 0.379 e. The van der Waals surface area contributed by atoms with Crippen LogP contribution in [0.15, 0.2) is 23.4 Å².